The Morgan fingerprint density at radius 1 is 0.821 bits per heavy atom. The van der Waals surface area contributed by atoms with E-state index in [9.17, 15) is 9.59 Å². The second-order valence-electron chi connectivity index (χ2n) is 9.80. The van der Waals surface area contributed by atoms with Crippen molar-refractivity contribution in [3.8, 4) is 28.4 Å². The van der Waals surface area contributed by atoms with Crippen molar-refractivity contribution in [2.24, 2.45) is 0 Å². The van der Waals surface area contributed by atoms with E-state index in [4.69, 9.17) is 14.2 Å². The fourth-order valence-electron chi connectivity index (χ4n) is 5.14. The molecule has 1 aliphatic heterocycles. The van der Waals surface area contributed by atoms with Crippen molar-refractivity contribution in [2.45, 2.75) is 26.2 Å². The van der Waals surface area contributed by atoms with Crippen molar-refractivity contribution >= 4 is 22.5 Å². The Bertz CT molecular complexity index is 1470. The molecule has 39 heavy (non-hydrogen) atoms. The number of esters is 1. The third-order valence-electron chi connectivity index (χ3n) is 7.10. The molecule has 0 atom stereocenters. The SMILES string of the molecule is COc1cccc(-c2ccc3cc(OC(C)=O)ccc3c2C(=O)c2ccc(OCCN3CCCCC3)cc2)c1. The molecule has 1 aliphatic rings. The zero-order valence-electron chi connectivity index (χ0n) is 22.4. The topological polar surface area (TPSA) is 65.1 Å². The summed E-state index contributed by atoms with van der Waals surface area (Å²) in [6.45, 7) is 5.18. The Labute approximate surface area is 229 Å². The van der Waals surface area contributed by atoms with Crippen LogP contribution in [0.1, 0.15) is 42.1 Å². The molecule has 6 heteroatoms. The summed E-state index contributed by atoms with van der Waals surface area (Å²) in [5.41, 5.74) is 2.82. The van der Waals surface area contributed by atoms with Crippen molar-refractivity contribution in [3.63, 3.8) is 0 Å². The molecule has 0 unspecified atom stereocenters. The van der Waals surface area contributed by atoms with Gasteiger partial charge in [0.15, 0.2) is 5.78 Å². The second-order valence-corrected chi connectivity index (χ2v) is 9.80. The Hall–Kier alpha value is -4.16. The van der Waals surface area contributed by atoms with E-state index >= 15 is 0 Å². The highest BCUT2D eigenvalue weighted by Gasteiger charge is 2.20. The summed E-state index contributed by atoms with van der Waals surface area (Å²) in [6.07, 6.45) is 3.83. The lowest BCUT2D eigenvalue weighted by atomic mass is 9.89. The van der Waals surface area contributed by atoms with Crippen LogP contribution < -0.4 is 14.2 Å². The number of piperidine rings is 1. The van der Waals surface area contributed by atoms with E-state index in [2.05, 4.69) is 4.90 Å². The van der Waals surface area contributed by atoms with Gasteiger partial charge >= 0.3 is 5.97 Å². The van der Waals surface area contributed by atoms with Crippen LogP contribution in [0.15, 0.2) is 78.9 Å². The molecule has 6 nitrogen and oxygen atoms in total. The average Bonchev–Trinajstić information content (AvgIpc) is 2.97. The van der Waals surface area contributed by atoms with Crippen LogP contribution in [0.4, 0.5) is 0 Å². The molecule has 1 heterocycles. The van der Waals surface area contributed by atoms with Gasteiger partial charge in [-0.05, 0) is 102 Å². The maximum absolute atomic E-state index is 14.0. The number of carbonyl (C=O) groups excluding carboxylic acids is 2. The number of rotatable bonds is 9. The average molecular weight is 524 g/mol. The summed E-state index contributed by atoms with van der Waals surface area (Å²) in [5.74, 6) is 1.41. The highest BCUT2D eigenvalue weighted by atomic mass is 16.5. The third-order valence-corrected chi connectivity index (χ3v) is 7.10. The van der Waals surface area contributed by atoms with Crippen LogP contribution in [0.2, 0.25) is 0 Å². The molecule has 0 bridgehead atoms. The van der Waals surface area contributed by atoms with Crippen molar-refractivity contribution in [2.75, 3.05) is 33.4 Å². The van der Waals surface area contributed by atoms with Gasteiger partial charge in [-0.2, -0.15) is 0 Å². The van der Waals surface area contributed by atoms with Crippen molar-refractivity contribution in [1.29, 1.82) is 0 Å². The fraction of sp³-hybridized carbons (Fsp3) is 0.273. The van der Waals surface area contributed by atoms with Gasteiger partial charge in [0, 0.05) is 24.6 Å². The van der Waals surface area contributed by atoms with Gasteiger partial charge in [0.1, 0.15) is 23.9 Å². The van der Waals surface area contributed by atoms with E-state index in [1.54, 1.807) is 19.2 Å². The van der Waals surface area contributed by atoms with Gasteiger partial charge in [0.25, 0.3) is 0 Å². The van der Waals surface area contributed by atoms with Gasteiger partial charge in [-0.25, -0.2) is 0 Å². The molecule has 4 aromatic rings. The molecule has 0 N–H and O–H groups in total. The smallest absolute Gasteiger partial charge is 0.308 e. The Morgan fingerprint density at radius 2 is 1.59 bits per heavy atom. The molecule has 200 valence electrons. The Morgan fingerprint density at radius 3 is 2.33 bits per heavy atom. The summed E-state index contributed by atoms with van der Waals surface area (Å²) < 4.78 is 16.7. The molecular weight excluding hydrogens is 490 g/mol. The number of carbonyl (C=O) groups is 2. The van der Waals surface area contributed by atoms with Crippen molar-refractivity contribution in [3.05, 3.63) is 90.0 Å². The van der Waals surface area contributed by atoms with E-state index in [1.165, 1.54) is 26.2 Å². The summed E-state index contributed by atoms with van der Waals surface area (Å²) in [5, 5.41) is 1.58. The molecule has 0 saturated carbocycles. The van der Waals surface area contributed by atoms with Gasteiger partial charge in [0.2, 0.25) is 0 Å². The van der Waals surface area contributed by atoms with E-state index in [1.807, 2.05) is 66.7 Å². The first-order chi connectivity index (χ1) is 19.0. The van der Waals surface area contributed by atoms with E-state index in [0.717, 1.165) is 47.3 Å². The third kappa shape index (κ3) is 6.29. The Kier molecular flexibility index (Phi) is 8.23. The molecule has 0 spiro atoms. The van der Waals surface area contributed by atoms with Gasteiger partial charge in [-0.15, -0.1) is 0 Å². The van der Waals surface area contributed by atoms with Crippen LogP contribution in [0.3, 0.4) is 0 Å². The van der Waals surface area contributed by atoms with Crippen LogP contribution in [0.5, 0.6) is 17.2 Å². The minimum atomic E-state index is -0.392. The maximum Gasteiger partial charge on any atom is 0.308 e. The number of ketones is 1. The summed E-state index contributed by atoms with van der Waals surface area (Å²) in [4.78, 5) is 28.0. The van der Waals surface area contributed by atoms with Gasteiger partial charge in [-0.1, -0.05) is 30.7 Å². The van der Waals surface area contributed by atoms with Crippen molar-refractivity contribution < 1.29 is 23.8 Å². The molecule has 1 saturated heterocycles. The Balaban J connectivity index is 1.46. The lowest BCUT2D eigenvalue weighted by molar-refractivity contribution is -0.131. The summed E-state index contributed by atoms with van der Waals surface area (Å²) in [7, 11) is 1.62. The van der Waals surface area contributed by atoms with Crippen LogP contribution in [0.25, 0.3) is 21.9 Å². The molecule has 0 aromatic heterocycles. The summed E-state index contributed by atoms with van der Waals surface area (Å²) >= 11 is 0. The number of hydrogen-bond donors (Lipinski definition) is 0. The number of ether oxygens (including phenoxy) is 3. The highest BCUT2D eigenvalue weighted by Crippen LogP contribution is 2.35. The van der Waals surface area contributed by atoms with Crippen LogP contribution in [-0.2, 0) is 4.79 Å². The molecule has 5 rings (SSSR count). The van der Waals surface area contributed by atoms with Crippen LogP contribution in [0, 0.1) is 0 Å². The minimum Gasteiger partial charge on any atom is -0.497 e. The first kappa shape index (κ1) is 26.4. The predicted octanol–water partition coefficient (Wildman–Crippen LogP) is 6.54. The lowest BCUT2D eigenvalue weighted by Gasteiger charge is -2.26. The number of hydrogen-bond acceptors (Lipinski definition) is 6. The number of methoxy groups -OCH3 is 1. The molecule has 0 radical (unpaired) electrons. The van der Waals surface area contributed by atoms with E-state index < -0.39 is 5.97 Å². The minimum absolute atomic E-state index is 0.0986. The largest absolute Gasteiger partial charge is 0.497 e. The number of benzene rings is 4. The number of likely N-dealkylation sites (tertiary alicyclic amines) is 1. The highest BCUT2D eigenvalue weighted by molar-refractivity contribution is 6.20. The lowest BCUT2D eigenvalue weighted by Crippen LogP contribution is -2.33. The normalized spacial score (nSPS) is 13.7. The first-order valence-corrected chi connectivity index (χ1v) is 13.4. The molecule has 1 fully saturated rings. The van der Waals surface area contributed by atoms with E-state index in [-0.39, 0.29) is 5.78 Å². The predicted molar refractivity (Wildman–Crippen MR) is 153 cm³/mol. The fourth-order valence-corrected chi connectivity index (χ4v) is 5.14. The van der Waals surface area contributed by atoms with Gasteiger partial charge < -0.3 is 14.2 Å². The molecule has 0 amide bonds. The van der Waals surface area contributed by atoms with Crippen molar-refractivity contribution in [1.82, 2.24) is 4.90 Å². The number of nitrogens with zero attached hydrogens (tertiary/aromatic N) is 1. The molecule has 0 aliphatic carbocycles. The van der Waals surface area contributed by atoms with E-state index in [0.29, 0.717) is 29.2 Å². The van der Waals surface area contributed by atoms with Gasteiger partial charge in [-0.3, -0.25) is 14.5 Å². The molecular formula is C33H33NO5. The maximum atomic E-state index is 14.0. The summed E-state index contributed by atoms with van der Waals surface area (Å²) in [6, 6.07) is 24.2. The second kappa shape index (κ2) is 12.1. The van der Waals surface area contributed by atoms with Gasteiger partial charge in [0.05, 0.1) is 7.11 Å². The van der Waals surface area contributed by atoms with Crippen LogP contribution >= 0.6 is 0 Å². The quantitative estimate of drug-likeness (QED) is 0.141. The zero-order chi connectivity index (χ0) is 27.2. The van der Waals surface area contributed by atoms with Crippen LogP contribution in [-0.4, -0.2) is 50.0 Å². The standard InChI is InChI=1S/C33H33NO5/c1-23(35)39-29-14-16-31-26(22-29)11-15-30(25-7-6-8-28(21-25)37-2)32(31)33(36)24-9-12-27(13-10-24)38-20-19-34-17-4-3-5-18-34/h6-16,21-22H,3-5,17-20H2,1-2H3. The molecule has 4 aromatic carbocycles. The number of fused-ring (bicyclic) bond motifs is 1. The first-order valence-electron chi connectivity index (χ1n) is 13.4. The monoisotopic (exact) mass is 523 g/mol. The zero-order valence-corrected chi connectivity index (χ0v) is 22.4.